The van der Waals surface area contributed by atoms with Crippen LogP contribution in [-0.2, 0) is 4.74 Å². The molecule has 0 spiro atoms. The minimum atomic E-state index is 0.0396. The highest BCUT2D eigenvalue weighted by Gasteiger charge is 2.09. The second-order valence-electron chi connectivity index (χ2n) is 3.19. The van der Waals surface area contributed by atoms with E-state index in [0.29, 0.717) is 6.61 Å². The Kier molecular flexibility index (Phi) is 4.42. The SMILES string of the molecule is CCCOCC(N)c1cscc1C. The van der Waals surface area contributed by atoms with Crippen molar-refractivity contribution in [1.29, 1.82) is 0 Å². The second kappa shape index (κ2) is 5.37. The Bertz CT molecular complexity index is 247. The smallest absolute Gasteiger partial charge is 0.0659 e. The summed E-state index contributed by atoms with van der Waals surface area (Å²) in [5.74, 6) is 0. The molecule has 0 aliphatic rings. The largest absolute Gasteiger partial charge is 0.379 e. The van der Waals surface area contributed by atoms with Crippen LogP contribution in [0.25, 0.3) is 0 Å². The second-order valence-corrected chi connectivity index (χ2v) is 3.94. The molecule has 13 heavy (non-hydrogen) atoms. The van der Waals surface area contributed by atoms with Crippen LogP contribution in [0.15, 0.2) is 10.8 Å². The molecule has 0 saturated heterocycles. The normalized spacial score (nSPS) is 13.2. The van der Waals surface area contributed by atoms with E-state index < -0.39 is 0 Å². The molecule has 1 aromatic rings. The van der Waals surface area contributed by atoms with Gasteiger partial charge >= 0.3 is 0 Å². The van der Waals surface area contributed by atoms with Crippen LogP contribution in [0.1, 0.15) is 30.5 Å². The molecule has 0 aliphatic carbocycles. The number of ether oxygens (including phenoxy) is 1. The van der Waals surface area contributed by atoms with Crippen LogP contribution < -0.4 is 5.73 Å². The highest BCUT2D eigenvalue weighted by molar-refractivity contribution is 7.08. The molecule has 1 heterocycles. The lowest BCUT2D eigenvalue weighted by Gasteiger charge is -2.11. The van der Waals surface area contributed by atoms with Gasteiger partial charge in [0.15, 0.2) is 0 Å². The molecule has 74 valence electrons. The average Bonchev–Trinajstić information content (AvgIpc) is 2.52. The summed E-state index contributed by atoms with van der Waals surface area (Å²) in [5, 5.41) is 4.23. The molecule has 0 aliphatic heterocycles. The van der Waals surface area contributed by atoms with E-state index in [-0.39, 0.29) is 6.04 Å². The zero-order valence-corrected chi connectivity index (χ0v) is 9.06. The van der Waals surface area contributed by atoms with Gasteiger partial charge in [-0.3, -0.25) is 0 Å². The molecule has 0 bridgehead atoms. The van der Waals surface area contributed by atoms with Crippen molar-refractivity contribution in [3.8, 4) is 0 Å². The maximum absolute atomic E-state index is 5.96. The molecule has 0 aromatic carbocycles. The fourth-order valence-corrected chi connectivity index (χ4v) is 2.11. The number of aryl methyl sites for hydroxylation is 1. The third-order valence-corrected chi connectivity index (χ3v) is 2.82. The van der Waals surface area contributed by atoms with E-state index in [1.54, 1.807) is 11.3 Å². The van der Waals surface area contributed by atoms with Gasteiger partial charge in [0.05, 0.1) is 12.6 Å². The summed E-state index contributed by atoms with van der Waals surface area (Å²) in [6, 6.07) is 0.0396. The molecule has 2 N–H and O–H groups in total. The van der Waals surface area contributed by atoms with Crippen LogP contribution in [0, 0.1) is 6.92 Å². The number of hydrogen-bond acceptors (Lipinski definition) is 3. The van der Waals surface area contributed by atoms with Gasteiger partial charge < -0.3 is 10.5 Å². The van der Waals surface area contributed by atoms with E-state index in [9.17, 15) is 0 Å². The molecule has 1 unspecified atom stereocenters. The maximum Gasteiger partial charge on any atom is 0.0659 e. The lowest BCUT2D eigenvalue weighted by atomic mass is 10.1. The first-order chi connectivity index (χ1) is 6.25. The highest BCUT2D eigenvalue weighted by atomic mass is 32.1. The van der Waals surface area contributed by atoms with Gasteiger partial charge in [0.25, 0.3) is 0 Å². The quantitative estimate of drug-likeness (QED) is 0.739. The Hall–Kier alpha value is -0.380. The minimum Gasteiger partial charge on any atom is -0.379 e. The molecule has 1 aromatic heterocycles. The van der Waals surface area contributed by atoms with Gasteiger partial charge in [-0.05, 0) is 35.2 Å². The van der Waals surface area contributed by atoms with Crippen molar-refractivity contribution < 1.29 is 4.74 Å². The first-order valence-electron chi connectivity index (χ1n) is 4.61. The fourth-order valence-electron chi connectivity index (χ4n) is 1.19. The summed E-state index contributed by atoms with van der Waals surface area (Å²) in [7, 11) is 0. The molecule has 2 nitrogen and oxygen atoms in total. The summed E-state index contributed by atoms with van der Waals surface area (Å²) in [4.78, 5) is 0. The molecule has 0 saturated carbocycles. The zero-order valence-electron chi connectivity index (χ0n) is 8.25. The standard InChI is InChI=1S/C10H17NOS/c1-3-4-12-5-10(11)9-7-13-6-8(9)2/h6-7,10H,3-5,11H2,1-2H3. The van der Waals surface area contributed by atoms with Crippen LogP contribution >= 0.6 is 11.3 Å². The van der Waals surface area contributed by atoms with Crippen molar-refractivity contribution in [3.63, 3.8) is 0 Å². The first kappa shape index (κ1) is 10.7. The van der Waals surface area contributed by atoms with Crippen LogP contribution in [0.3, 0.4) is 0 Å². The zero-order chi connectivity index (χ0) is 9.68. The molecule has 0 amide bonds. The van der Waals surface area contributed by atoms with E-state index in [1.165, 1.54) is 11.1 Å². The van der Waals surface area contributed by atoms with Crippen LogP contribution in [0.5, 0.6) is 0 Å². The monoisotopic (exact) mass is 199 g/mol. The molecular formula is C10H17NOS. The third kappa shape index (κ3) is 3.10. The van der Waals surface area contributed by atoms with E-state index >= 15 is 0 Å². The summed E-state index contributed by atoms with van der Waals surface area (Å²) >= 11 is 1.70. The van der Waals surface area contributed by atoms with Crippen LogP contribution in [-0.4, -0.2) is 13.2 Å². The van der Waals surface area contributed by atoms with Gasteiger partial charge in [0.1, 0.15) is 0 Å². The summed E-state index contributed by atoms with van der Waals surface area (Å²) in [6.45, 7) is 5.62. The average molecular weight is 199 g/mol. The van der Waals surface area contributed by atoms with E-state index in [0.717, 1.165) is 13.0 Å². The van der Waals surface area contributed by atoms with E-state index in [4.69, 9.17) is 10.5 Å². The molecular weight excluding hydrogens is 182 g/mol. The lowest BCUT2D eigenvalue weighted by molar-refractivity contribution is 0.121. The summed E-state index contributed by atoms with van der Waals surface area (Å²) < 4.78 is 5.40. The molecule has 0 radical (unpaired) electrons. The fraction of sp³-hybridized carbons (Fsp3) is 0.600. The third-order valence-electron chi connectivity index (χ3n) is 1.94. The van der Waals surface area contributed by atoms with Crippen LogP contribution in [0.4, 0.5) is 0 Å². The first-order valence-corrected chi connectivity index (χ1v) is 5.56. The molecule has 0 fully saturated rings. The van der Waals surface area contributed by atoms with Gasteiger partial charge in [0, 0.05) is 6.61 Å². The Morgan fingerprint density at radius 1 is 1.54 bits per heavy atom. The predicted molar refractivity (Wildman–Crippen MR) is 57.1 cm³/mol. The van der Waals surface area contributed by atoms with Gasteiger partial charge in [-0.15, -0.1) is 0 Å². The van der Waals surface area contributed by atoms with Crippen molar-refractivity contribution in [2.45, 2.75) is 26.3 Å². The maximum atomic E-state index is 5.96. The van der Waals surface area contributed by atoms with Crippen molar-refractivity contribution in [2.24, 2.45) is 5.73 Å². The van der Waals surface area contributed by atoms with Crippen molar-refractivity contribution in [3.05, 3.63) is 21.9 Å². The molecule has 1 rings (SSSR count). The summed E-state index contributed by atoms with van der Waals surface area (Å²) in [5.41, 5.74) is 8.46. The number of nitrogens with two attached hydrogens (primary N) is 1. The van der Waals surface area contributed by atoms with Gasteiger partial charge in [-0.25, -0.2) is 0 Å². The number of rotatable bonds is 5. The predicted octanol–water partition coefficient (Wildman–Crippen LogP) is 2.48. The van der Waals surface area contributed by atoms with Crippen LogP contribution in [0.2, 0.25) is 0 Å². The Labute approximate surface area is 83.7 Å². The highest BCUT2D eigenvalue weighted by Crippen LogP contribution is 2.19. The minimum absolute atomic E-state index is 0.0396. The number of hydrogen-bond donors (Lipinski definition) is 1. The van der Waals surface area contributed by atoms with Crippen molar-refractivity contribution >= 4 is 11.3 Å². The summed E-state index contributed by atoms with van der Waals surface area (Å²) in [6.07, 6.45) is 1.05. The Balaban J connectivity index is 2.39. The van der Waals surface area contributed by atoms with Crippen molar-refractivity contribution in [2.75, 3.05) is 13.2 Å². The molecule has 3 heteroatoms. The van der Waals surface area contributed by atoms with Gasteiger partial charge in [-0.1, -0.05) is 6.92 Å². The topological polar surface area (TPSA) is 35.2 Å². The Morgan fingerprint density at radius 3 is 2.85 bits per heavy atom. The Morgan fingerprint density at radius 2 is 2.31 bits per heavy atom. The van der Waals surface area contributed by atoms with E-state index in [1.807, 2.05) is 0 Å². The van der Waals surface area contributed by atoms with Gasteiger partial charge in [0.2, 0.25) is 0 Å². The van der Waals surface area contributed by atoms with E-state index in [2.05, 4.69) is 24.6 Å². The number of thiophene rings is 1. The molecule has 1 atom stereocenters. The van der Waals surface area contributed by atoms with Gasteiger partial charge in [-0.2, -0.15) is 11.3 Å². The van der Waals surface area contributed by atoms with Crippen molar-refractivity contribution in [1.82, 2.24) is 0 Å². The lowest BCUT2D eigenvalue weighted by Crippen LogP contribution is -2.17.